The monoisotopic (exact) mass is 666 g/mol. The molecule has 0 radical (unpaired) electrons. The van der Waals surface area contributed by atoms with Crippen LogP contribution in [0, 0.1) is 11.6 Å². The van der Waals surface area contributed by atoms with Crippen LogP contribution in [0.4, 0.5) is 8.78 Å². The SMILES string of the molecule is C=CC(=O)N1Cc2cc3nn2C[C@H]1CCCCCOc1cc(F)cc(F)c1-c1c-3nc(-c2cnc3c(c2)[C@@H](C)N(C)CC3)c2ccsc12. The second kappa shape index (κ2) is 12.2. The predicted octanol–water partition coefficient (Wildman–Crippen LogP) is 7.57. The van der Waals surface area contributed by atoms with Crippen LogP contribution in [0.25, 0.3) is 43.9 Å². The summed E-state index contributed by atoms with van der Waals surface area (Å²) in [6.07, 6.45) is 7.33. The summed E-state index contributed by atoms with van der Waals surface area (Å²) in [7, 11) is 2.12. The number of hydrogen-bond donors (Lipinski definition) is 0. The van der Waals surface area contributed by atoms with Gasteiger partial charge >= 0.3 is 0 Å². The van der Waals surface area contributed by atoms with E-state index in [9.17, 15) is 9.18 Å². The van der Waals surface area contributed by atoms with E-state index < -0.39 is 11.6 Å². The lowest BCUT2D eigenvalue weighted by atomic mass is 9.94. The van der Waals surface area contributed by atoms with E-state index in [-0.39, 0.29) is 29.3 Å². The van der Waals surface area contributed by atoms with Crippen LogP contribution in [-0.4, -0.2) is 61.7 Å². The number of benzene rings is 1. The lowest BCUT2D eigenvalue weighted by Gasteiger charge is -2.35. The van der Waals surface area contributed by atoms with Gasteiger partial charge in [-0.3, -0.25) is 19.4 Å². The summed E-state index contributed by atoms with van der Waals surface area (Å²) >= 11 is 1.48. The van der Waals surface area contributed by atoms with E-state index in [1.165, 1.54) is 29.0 Å². The van der Waals surface area contributed by atoms with Crippen LogP contribution >= 0.6 is 11.3 Å². The maximum absolute atomic E-state index is 16.2. The Bertz CT molecular complexity index is 2090. The first-order valence-electron chi connectivity index (χ1n) is 16.5. The molecule has 2 atom stereocenters. The second-order valence-corrected chi connectivity index (χ2v) is 13.9. The van der Waals surface area contributed by atoms with Gasteiger partial charge in [0, 0.05) is 64.2 Å². The molecule has 4 aromatic heterocycles. The number of rotatable bonds is 2. The van der Waals surface area contributed by atoms with E-state index in [1.807, 2.05) is 33.3 Å². The fourth-order valence-corrected chi connectivity index (χ4v) is 8.36. The van der Waals surface area contributed by atoms with E-state index in [0.29, 0.717) is 43.1 Å². The molecular formula is C37H36F2N6O2S. The van der Waals surface area contributed by atoms with Crippen molar-refractivity contribution < 1.29 is 18.3 Å². The number of carbonyl (C=O) groups excluding carboxylic acids is 1. The van der Waals surface area contributed by atoms with E-state index in [1.54, 1.807) is 0 Å². The van der Waals surface area contributed by atoms with E-state index >= 15 is 4.39 Å². The van der Waals surface area contributed by atoms with Gasteiger partial charge in [-0.05, 0) is 68.5 Å². The van der Waals surface area contributed by atoms with Gasteiger partial charge in [-0.1, -0.05) is 13.0 Å². The van der Waals surface area contributed by atoms with Crippen LogP contribution in [0.3, 0.4) is 0 Å². The highest BCUT2D eigenvalue weighted by molar-refractivity contribution is 7.18. The van der Waals surface area contributed by atoms with Gasteiger partial charge in [0.1, 0.15) is 28.8 Å². The number of carbonyl (C=O) groups is 1. The van der Waals surface area contributed by atoms with Crippen molar-refractivity contribution in [1.29, 1.82) is 0 Å². The topological polar surface area (TPSA) is 76.4 Å². The van der Waals surface area contributed by atoms with Gasteiger partial charge in [0.2, 0.25) is 5.91 Å². The van der Waals surface area contributed by atoms with Gasteiger partial charge in [-0.25, -0.2) is 13.8 Å². The summed E-state index contributed by atoms with van der Waals surface area (Å²) in [5.74, 6) is -1.39. The van der Waals surface area contributed by atoms with Gasteiger partial charge in [0.25, 0.3) is 0 Å². The zero-order valence-corrected chi connectivity index (χ0v) is 27.8. The minimum absolute atomic E-state index is 0.0463. The van der Waals surface area contributed by atoms with Crippen molar-refractivity contribution in [2.24, 2.45) is 0 Å². The van der Waals surface area contributed by atoms with E-state index in [4.69, 9.17) is 19.8 Å². The third-order valence-electron chi connectivity index (χ3n) is 10.1. The minimum atomic E-state index is -0.723. The molecule has 1 aromatic carbocycles. The van der Waals surface area contributed by atoms with Crippen molar-refractivity contribution in [2.45, 2.75) is 64.2 Å². The van der Waals surface area contributed by atoms with Crippen molar-refractivity contribution in [3.05, 3.63) is 83.1 Å². The van der Waals surface area contributed by atoms with Crippen molar-refractivity contribution in [2.75, 3.05) is 20.2 Å². The molecule has 0 N–H and O–H groups in total. The summed E-state index contributed by atoms with van der Waals surface area (Å²) in [5.41, 5.74) is 6.38. The summed E-state index contributed by atoms with van der Waals surface area (Å²) in [6, 6.07) is 8.43. The zero-order chi connectivity index (χ0) is 33.1. The Balaban J connectivity index is 1.40. The van der Waals surface area contributed by atoms with Crippen LogP contribution in [0.15, 0.2) is 54.6 Å². The van der Waals surface area contributed by atoms with Gasteiger partial charge in [-0.2, -0.15) is 5.10 Å². The largest absolute Gasteiger partial charge is 0.493 e. The molecule has 48 heavy (non-hydrogen) atoms. The number of amides is 1. The molecule has 3 bridgehead atoms. The molecule has 0 unspecified atom stereocenters. The zero-order valence-electron chi connectivity index (χ0n) is 27.0. The predicted molar refractivity (Wildman–Crippen MR) is 183 cm³/mol. The molecule has 5 aromatic rings. The molecule has 0 aliphatic carbocycles. The van der Waals surface area contributed by atoms with Crippen LogP contribution in [-0.2, 0) is 24.3 Å². The molecule has 1 amide bonds. The number of hydrogen-bond acceptors (Lipinski definition) is 7. The molecule has 3 aliphatic rings. The smallest absolute Gasteiger partial charge is 0.246 e. The number of halogens is 2. The molecular weight excluding hydrogens is 631 g/mol. The molecule has 11 heteroatoms. The fraction of sp³-hybridized carbons (Fsp3) is 0.351. The Morgan fingerprint density at radius 1 is 1.12 bits per heavy atom. The molecule has 7 heterocycles. The lowest BCUT2D eigenvalue weighted by Crippen LogP contribution is -2.45. The highest BCUT2D eigenvalue weighted by atomic mass is 32.1. The third-order valence-corrected chi connectivity index (χ3v) is 11.1. The fourth-order valence-electron chi connectivity index (χ4n) is 7.41. The highest BCUT2D eigenvalue weighted by Gasteiger charge is 2.33. The summed E-state index contributed by atoms with van der Waals surface area (Å²) < 4.78 is 39.8. The normalized spacial score (nSPS) is 19.5. The van der Waals surface area contributed by atoms with Crippen molar-refractivity contribution in [1.82, 2.24) is 29.5 Å². The molecule has 8 rings (SSSR count). The number of ether oxygens (including phenoxy) is 1. The number of pyridine rings is 2. The Hall–Kier alpha value is -4.48. The van der Waals surface area contributed by atoms with Gasteiger partial charge in [0.05, 0.1) is 42.7 Å². The summed E-state index contributed by atoms with van der Waals surface area (Å²) in [5, 5.41) is 7.87. The standard InChI is InChI=1S/C37H36F2N6O2S/c1-4-32(46)44-19-25-17-30-36-34(33-28(39)15-23(38)16-31(33)47-12-7-5-6-8-24(44)20-45(25)42-30)37-26(10-13-48-37)35(41-36)22-14-27-21(2)43(3)11-9-29(27)40-18-22/h4,10,13-18,21,24H,1,5-9,11-12,19-20H2,2-3H3/t21-,24-/m1/s1. The Morgan fingerprint density at radius 2 is 2.00 bits per heavy atom. The first-order valence-corrected chi connectivity index (χ1v) is 17.4. The van der Waals surface area contributed by atoms with Gasteiger partial charge in [-0.15, -0.1) is 11.3 Å². The van der Waals surface area contributed by atoms with Crippen molar-refractivity contribution in [3.63, 3.8) is 0 Å². The molecule has 0 spiro atoms. The number of nitrogens with zero attached hydrogens (tertiary/aromatic N) is 6. The first-order chi connectivity index (χ1) is 23.3. The van der Waals surface area contributed by atoms with Crippen LogP contribution in [0.5, 0.6) is 5.75 Å². The van der Waals surface area contributed by atoms with Crippen LogP contribution in [0.1, 0.15) is 55.6 Å². The molecule has 0 fully saturated rings. The summed E-state index contributed by atoms with van der Waals surface area (Å²) in [4.78, 5) is 27.4. The molecule has 246 valence electrons. The van der Waals surface area contributed by atoms with Crippen LogP contribution < -0.4 is 4.74 Å². The molecule has 8 nitrogen and oxygen atoms in total. The number of thiophene rings is 1. The Morgan fingerprint density at radius 3 is 2.85 bits per heavy atom. The second-order valence-electron chi connectivity index (χ2n) is 13.0. The minimum Gasteiger partial charge on any atom is -0.493 e. The van der Waals surface area contributed by atoms with Gasteiger partial charge in [0.15, 0.2) is 0 Å². The average molecular weight is 667 g/mol. The first kappa shape index (κ1) is 30.8. The number of fused-ring (bicyclic) bond motifs is 9. The lowest BCUT2D eigenvalue weighted by molar-refractivity contribution is -0.130. The van der Waals surface area contributed by atoms with E-state index in [2.05, 4.69) is 31.5 Å². The van der Waals surface area contributed by atoms with Crippen LogP contribution in [0.2, 0.25) is 0 Å². The van der Waals surface area contributed by atoms with Crippen molar-refractivity contribution >= 4 is 27.3 Å². The molecule has 0 saturated heterocycles. The summed E-state index contributed by atoms with van der Waals surface area (Å²) in [6.45, 7) is 8.09. The Labute approximate surface area is 281 Å². The molecule has 3 aliphatic heterocycles. The number of likely N-dealkylation sites (N-methyl/N-ethyl adjacent to an activating group) is 1. The Kier molecular flexibility index (Phi) is 7.83. The number of aromatic nitrogens is 4. The van der Waals surface area contributed by atoms with Gasteiger partial charge < -0.3 is 9.64 Å². The average Bonchev–Trinajstić information content (AvgIpc) is 3.74. The molecule has 0 saturated carbocycles. The van der Waals surface area contributed by atoms with Crippen molar-refractivity contribution in [3.8, 4) is 39.5 Å². The highest BCUT2D eigenvalue weighted by Crippen LogP contribution is 2.47. The maximum atomic E-state index is 16.2. The van der Waals surface area contributed by atoms with E-state index in [0.717, 1.165) is 71.0 Å². The maximum Gasteiger partial charge on any atom is 0.246 e. The quantitative estimate of drug-likeness (QED) is 0.181. The third kappa shape index (κ3) is 5.20.